The summed E-state index contributed by atoms with van der Waals surface area (Å²) in [4.78, 5) is 32.7. The van der Waals surface area contributed by atoms with E-state index in [0.29, 0.717) is 0 Å². The third kappa shape index (κ3) is 3.37. The topological polar surface area (TPSA) is 141 Å². The van der Waals surface area contributed by atoms with Crippen LogP contribution in [0.15, 0.2) is 0 Å². The van der Waals surface area contributed by atoms with Gasteiger partial charge in [0.2, 0.25) is 0 Å². The third-order valence-corrected chi connectivity index (χ3v) is 17.4. The van der Waals surface area contributed by atoms with Crippen LogP contribution < -0.4 is 4.29 Å². The van der Waals surface area contributed by atoms with E-state index in [-0.39, 0.29) is 0 Å². The van der Waals surface area contributed by atoms with Gasteiger partial charge in [-0.3, -0.25) is 0 Å². The Kier molecular flexibility index (Phi) is 3.43. The summed E-state index contributed by atoms with van der Waals surface area (Å²) in [6.45, 7) is 0. The van der Waals surface area contributed by atoms with Gasteiger partial charge in [-0.1, -0.05) is 0 Å². The molecule has 0 aromatic rings. The quantitative estimate of drug-likeness (QED) is 0.378. The first kappa shape index (κ1) is 10.9. The van der Waals surface area contributed by atoms with Crippen molar-refractivity contribution in [3.63, 3.8) is 0 Å². The van der Waals surface area contributed by atoms with Crippen molar-refractivity contribution in [3.05, 3.63) is 0 Å². The first-order chi connectivity index (χ1) is 4.15. The molecular formula is H6NO6P2Pt. The molecule has 0 radical (unpaired) electrons. The Morgan fingerprint density at radius 2 is 1.20 bits per heavy atom. The molecule has 0 amide bonds. The molecule has 0 aromatic heterocycles. The Labute approximate surface area is 61.3 Å². The van der Waals surface area contributed by atoms with Crippen LogP contribution in [0.25, 0.3) is 0 Å². The van der Waals surface area contributed by atoms with Crippen molar-refractivity contribution in [2.24, 2.45) is 4.29 Å². The molecule has 67 valence electrons. The molecule has 0 heterocycles. The molecule has 0 saturated carbocycles. The average molecular weight is 373 g/mol. The zero-order valence-electron chi connectivity index (χ0n) is 4.39. The minimum absolute atomic E-state index is 3.92. The van der Waals surface area contributed by atoms with Gasteiger partial charge in [-0.15, -0.1) is 0 Å². The van der Waals surface area contributed by atoms with Crippen LogP contribution in [0.2, 0.25) is 0 Å². The molecule has 0 saturated heterocycles. The predicted octanol–water partition coefficient (Wildman–Crippen LogP) is -1.34. The molecule has 0 unspecified atom stereocenters. The van der Waals surface area contributed by atoms with Crippen LogP contribution in [0.3, 0.4) is 0 Å². The van der Waals surface area contributed by atoms with E-state index in [1.165, 1.54) is 0 Å². The minimum atomic E-state index is -4.71. The summed E-state index contributed by atoms with van der Waals surface area (Å²) in [5.74, 6) is 0. The fourth-order valence-corrected chi connectivity index (χ4v) is 7.91. The van der Waals surface area contributed by atoms with Gasteiger partial charge in [-0.2, -0.15) is 0 Å². The third-order valence-electron chi connectivity index (χ3n) is 0.378. The molecule has 0 atom stereocenters. The Morgan fingerprint density at radius 1 is 1.00 bits per heavy atom. The molecule has 0 aromatic carbocycles. The average Bonchev–Trinajstić information content (AvgIpc) is 1.59. The van der Waals surface area contributed by atoms with E-state index in [0.717, 1.165) is 0 Å². The summed E-state index contributed by atoms with van der Waals surface area (Å²) in [5, 5.41) is 0. The van der Waals surface area contributed by atoms with Crippen molar-refractivity contribution in [2.45, 2.75) is 0 Å². The Hall–Kier alpha value is 0.948. The van der Waals surface area contributed by atoms with Crippen LogP contribution in [0.4, 0.5) is 0 Å². The monoisotopic (exact) mass is 373 g/mol. The second-order valence-corrected chi connectivity index (χ2v) is 19.2. The van der Waals surface area contributed by atoms with E-state index in [9.17, 15) is 9.13 Å². The SMILES string of the molecule is [NH2][Pt]([P](=O)(O)O)[P](=O)(O)O. The van der Waals surface area contributed by atoms with Gasteiger partial charge < -0.3 is 0 Å². The van der Waals surface area contributed by atoms with Crippen molar-refractivity contribution in [2.75, 3.05) is 0 Å². The molecule has 0 bridgehead atoms. The Bertz CT molecular complexity index is 178. The van der Waals surface area contributed by atoms with E-state index in [2.05, 4.69) is 4.29 Å². The van der Waals surface area contributed by atoms with Crippen LogP contribution in [0, 0.1) is 0 Å². The van der Waals surface area contributed by atoms with Crippen molar-refractivity contribution in [3.8, 4) is 0 Å². The van der Waals surface area contributed by atoms with Gasteiger partial charge in [0, 0.05) is 0 Å². The Balaban J connectivity index is 4.56. The van der Waals surface area contributed by atoms with Crippen LogP contribution in [-0.2, 0) is 25.7 Å². The second kappa shape index (κ2) is 3.13. The van der Waals surface area contributed by atoms with Crippen molar-refractivity contribution in [1.82, 2.24) is 0 Å². The molecule has 0 spiro atoms. The summed E-state index contributed by atoms with van der Waals surface area (Å²) in [6, 6.07) is 0. The zero-order chi connectivity index (χ0) is 8.58. The Morgan fingerprint density at radius 3 is 1.20 bits per heavy atom. The molecule has 0 rings (SSSR count). The van der Waals surface area contributed by atoms with E-state index in [1.807, 2.05) is 0 Å². The normalized spacial score (nSPS) is 15.1. The summed E-state index contributed by atoms with van der Waals surface area (Å²) in [6.07, 6.45) is 0. The second-order valence-electron chi connectivity index (χ2n) is 1.10. The van der Waals surface area contributed by atoms with Gasteiger partial charge in [0.25, 0.3) is 0 Å². The van der Waals surface area contributed by atoms with Crippen LogP contribution in [0.5, 0.6) is 0 Å². The maximum absolute atomic E-state index is 10.1. The summed E-state index contributed by atoms with van der Waals surface area (Å²) < 4.78 is 24.9. The fraction of sp³-hybridized carbons (Fsp3) is 0. The van der Waals surface area contributed by atoms with Crippen LogP contribution >= 0.6 is 11.4 Å². The number of nitrogens with two attached hydrogens (primary N) is 1. The summed E-state index contributed by atoms with van der Waals surface area (Å²) >= 11 is -3.92. The summed E-state index contributed by atoms with van der Waals surface area (Å²) in [7, 11) is 0. The first-order valence-electron chi connectivity index (χ1n) is 1.63. The van der Waals surface area contributed by atoms with E-state index >= 15 is 0 Å². The van der Waals surface area contributed by atoms with E-state index in [1.54, 1.807) is 0 Å². The summed E-state index contributed by atoms with van der Waals surface area (Å²) in [5.41, 5.74) is -9.41. The number of hydrogen-bond acceptors (Lipinski definition) is 3. The van der Waals surface area contributed by atoms with Gasteiger partial charge in [-0.05, 0) is 0 Å². The molecule has 6 N–H and O–H groups in total. The van der Waals surface area contributed by atoms with Crippen molar-refractivity contribution in [1.29, 1.82) is 0 Å². The number of hydrogen-bond donors (Lipinski definition) is 5. The molecule has 0 aliphatic rings. The van der Waals surface area contributed by atoms with E-state index in [4.69, 9.17) is 19.6 Å². The molecule has 10 heteroatoms. The first-order valence-corrected chi connectivity index (χ1v) is 11.9. The van der Waals surface area contributed by atoms with Gasteiger partial charge in [0.1, 0.15) is 0 Å². The van der Waals surface area contributed by atoms with Crippen molar-refractivity contribution >= 4 is 11.4 Å². The predicted molar refractivity (Wildman–Crippen MR) is 28.3 cm³/mol. The van der Waals surface area contributed by atoms with Crippen molar-refractivity contribution < 1.29 is 45.3 Å². The fourth-order valence-electron chi connectivity index (χ4n) is 0.107. The molecule has 0 aliphatic heterocycles. The molecule has 10 heavy (non-hydrogen) atoms. The molecule has 7 nitrogen and oxygen atoms in total. The van der Waals surface area contributed by atoms with Crippen LogP contribution in [-0.4, -0.2) is 19.6 Å². The molecular weight excluding hydrogens is 367 g/mol. The van der Waals surface area contributed by atoms with Gasteiger partial charge in [-0.25, -0.2) is 0 Å². The number of rotatable bonds is 2. The standard InChI is InChI=1S/H2N.2HO3P.Pt/c;2*1-4(2)3;/h1H2;2*(H-,1,2,3);/q-1;;;-1/p+2. The van der Waals surface area contributed by atoms with Gasteiger partial charge in [0.05, 0.1) is 0 Å². The molecule has 0 aliphatic carbocycles. The van der Waals surface area contributed by atoms with Gasteiger partial charge >= 0.3 is 60.9 Å². The van der Waals surface area contributed by atoms with E-state index < -0.39 is 27.9 Å². The van der Waals surface area contributed by atoms with Gasteiger partial charge in [0.15, 0.2) is 0 Å². The van der Waals surface area contributed by atoms with Crippen LogP contribution in [0.1, 0.15) is 0 Å². The molecule has 0 fully saturated rings. The maximum atomic E-state index is 10.1. The zero-order valence-corrected chi connectivity index (χ0v) is 8.45.